The average Bonchev–Trinajstić information content (AvgIpc) is 2.68. The molecule has 1 aromatic heterocycles. The zero-order valence-electron chi connectivity index (χ0n) is 15.4. The van der Waals surface area contributed by atoms with E-state index in [4.69, 9.17) is 9.47 Å². The molecule has 3 rings (SSSR count). The second-order valence-electron chi connectivity index (χ2n) is 6.35. The molecule has 1 heterocycles. The molecule has 0 saturated heterocycles. The minimum absolute atomic E-state index is 0.0971. The number of anilines is 3. The van der Waals surface area contributed by atoms with E-state index >= 15 is 0 Å². The van der Waals surface area contributed by atoms with Crippen molar-refractivity contribution in [3.63, 3.8) is 0 Å². The summed E-state index contributed by atoms with van der Waals surface area (Å²) in [5.41, 5.74) is 0.329. The molecule has 144 valence electrons. The molecule has 9 nitrogen and oxygen atoms in total. The van der Waals surface area contributed by atoms with E-state index in [1.807, 2.05) is 0 Å². The first-order chi connectivity index (χ1) is 13.1. The number of nitrogens with one attached hydrogen (secondary N) is 2. The van der Waals surface area contributed by atoms with Gasteiger partial charge in [-0.1, -0.05) is 19.3 Å². The summed E-state index contributed by atoms with van der Waals surface area (Å²) in [5.74, 6) is 1.44. The molecule has 0 unspecified atom stereocenters. The maximum atomic E-state index is 11.7. The number of rotatable bonds is 7. The monoisotopic (exact) mass is 373 g/mol. The highest BCUT2D eigenvalue weighted by molar-refractivity contribution is 5.76. The first-order valence-electron chi connectivity index (χ1n) is 8.87. The van der Waals surface area contributed by atoms with Crippen molar-refractivity contribution in [3.8, 4) is 11.5 Å². The molecule has 0 amide bonds. The van der Waals surface area contributed by atoms with Gasteiger partial charge in [0.1, 0.15) is 17.8 Å². The van der Waals surface area contributed by atoms with Crippen molar-refractivity contribution in [3.05, 3.63) is 34.6 Å². The first kappa shape index (κ1) is 18.7. The number of aromatic nitrogens is 2. The Morgan fingerprint density at radius 1 is 1.11 bits per heavy atom. The van der Waals surface area contributed by atoms with E-state index < -0.39 is 4.92 Å². The summed E-state index contributed by atoms with van der Waals surface area (Å²) in [6.07, 6.45) is 6.70. The Kier molecular flexibility index (Phi) is 5.90. The third-order valence-corrected chi connectivity index (χ3v) is 4.61. The van der Waals surface area contributed by atoms with Crippen LogP contribution in [0.2, 0.25) is 0 Å². The molecular weight excluding hydrogens is 350 g/mol. The lowest BCUT2D eigenvalue weighted by Gasteiger charge is -2.23. The molecule has 2 aromatic rings. The molecule has 1 saturated carbocycles. The SMILES string of the molecule is COc1ccc(OC)c(Nc2ncnc(NC3CCCCC3)c2[N+](=O)[O-])c1. The highest BCUT2D eigenvalue weighted by Gasteiger charge is 2.26. The Hall–Kier alpha value is -3.10. The van der Waals surface area contributed by atoms with Crippen LogP contribution in [0.3, 0.4) is 0 Å². The highest BCUT2D eigenvalue weighted by Crippen LogP contribution is 2.36. The van der Waals surface area contributed by atoms with Crippen LogP contribution in [0.15, 0.2) is 24.5 Å². The Balaban J connectivity index is 1.93. The third-order valence-electron chi connectivity index (χ3n) is 4.61. The quantitative estimate of drug-likeness (QED) is 0.555. The lowest BCUT2D eigenvalue weighted by atomic mass is 9.95. The number of methoxy groups -OCH3 is 2. The Bertz CT molecular complexity index is 808. The van der Waals surface area contributed by atoms with E-state index in [0.717, 1.165) is 25.7 Å². The lowest BCUT2D eigenvalue weighted by molar-refractivity contribution is -0.383. The van der Waals surface area contributed by atoms with E-state index in [1.54, 1.807) is 25.3 Å². The summed E-state index contributed by atoms with van der Waals surface area (Å²) in [7, 11) is 3.07. The van der Waals surface area contributed by atoms with Gasteiger partial charge in [0.05, 0.1) is 24.8 Å². The second-order valence-corrected chi connectivity index (χ2v) is 6.35. The summed E-state index contributed by atoms with van der Waals surface area (Å²) < 4.78 is 10.5. The minimum Gasteiger partial charge on any atom is -0.497 e. The number of benzene rings is 1. The Morgan fingerprint density at radius 3 is 2.52 bits per heavy atom. The van der Waals surface area contributed by atoms with Crippen molar-refractivity contribution in [1.82, 2.24) is 9.97 Å². The fourth-order valence-electron chi connectivity index (χ4n) is 3.23. The molecule has 0 spiro atoms. The molecule has 1 aromatic carbocycles. The predicted molar refractivity (Wildman–Crippen MR) is 102 cm³/mol. The molecule has 27 heavy (non-hydrogen) atoms. The fourth-order valence-corrected chi connectivity index (χ4v) is 3.23. The first-order valence-corrected chi connectivity index (χ1v) is 8.87. The van der Waals surface area contributed by atoms with E-state index in [9.17, 15) is 10.1 Å². The fraction of sp³-hybridized carbons (Fsp3) is 0.444. The van der Waals surface area contributed by atoms with Crippen molar-refractivity contribution in [1.29, 1.82) is 0 Å². The smallest absolute Gasteiger partial charge is 0.353 e. The minimum atomic E-state index is -0.472. The molecule has 1 aliphatic carbocycles. The van der Waals surface area contributed by atoms with Gasteiger partial charge in [-0.25, -0.2) is 9.97 Å². The summed E-state index contributed by atoms with van der Waals surface area (Å²) in [6.45, 7) is 0. The van der Waals surface area contributed by atoms with Crippen molar-refractivity contribution in [2.75, 3.05) is 24.9 Å². The molecule has 0 bridgehead atoms. The van der Waals surface area contributed by atoms with Gasteiger partial charge in [-0.3, -0.25) is 10.1 Å². The van der Waals surface area contributed by atoms with Crippen LogP contribution in [0.5, 0.6) is 11.5 Å². The number of hydrogen-bond donors (Lipinski definition) is 2. The van der Waals surface area contributed by atoms with Crippen LogP contribution < -0.4 is 20.1 Å². The van der Waals surface area contributed by atoms with Gasteiger partial charge in [0, 0.05) is 12.1 Å². The van der Waals surface area contributed by atoms with Crippen molar-refractivity contribution in [2.24, 2.45) is 0 Å². The van der Waals surface area contributed by atoms with Gasteiger partial charge in [0.15, 0.2) is 0 Å². The van der Waals surface area contributed by atoms with Gasteiger partial charge in [-0.15, -0.1) is 0 Å². The second kappa shape index (κ2) is 8.52. The van der Waals surface area contributed by atoms with E-state index in [2.05, 4.69) is 20.6 Å². The van der Waals surface area contributed by atoms with Gasteiger partial charge < -0.3 is 20.1 Å². The zero-order chi connectivity index (χ0) is 19.2. The van der Waals surface area contributed by atoms with Gasteiger partial charge >= 0.3 is 5.69 Å². The van der Waals surface area contributed by atoms with E-state index in [1.165, 1.54) is 19.9 Å². The number of nitro groups is 1. The van der Waals surface area contributed by atoms with Crippen LogP contribution in [-0.4, -0.2) is 35.2 Å². The largest absolute Gasteiger partial charge is 0.497 e. The molecule has 0 aliphatic heterocycles. The molecule has 2 N–H and O–H groups in total. The van der Waals surface area contributed by atoms with E-state index in [-0.39, 0.29) is 23.4 Å². The predicted octanol–water partition coefficient (Wildman–Crippen LogP) is 3.89. The van der Waals surface area contributed by atoms with Crippen LogP contribution in [0.4, 0.5) is 23.0 Å². The molecule has 0 atom stereocenters. The van der Waals surface area contributed by atoms with Crippen molar-refractivity contribution < 1.29 is 14.4 Å². The van der Waals surface area contributed by atoms with Crippen molar-refractivity contribution in [2.45, 2.75) is 38.1 Å². The van der Waals surface area contributed by atoms with Gasteiger partial charge in [-0.2, -0.15) is 0 Å². The van der Waals surface area contributed by atoms with Gasteiger partial charge in [-0.05, 0) is 25.0 Å². The Labute approximate surface area is 157 Å². The topological polar surface area (TPSA) is 111 Å². The lowest BCUT2D eigenvalue weighted by Crippen LogP contribution is -2.23. The van der Waals surface area contributed by atoms with Crippen LogP contribution in [0.1, 0.15) is 32.1 Å². The van der Waals surface area contributed by atoms with Gasteiger partial charge in [0.2, 0.25) is 11.6 Å². The molecule has 9 heteroatoms. The standard InChI is InChI=1S/C18H23N5O4/c1-26-13-8-9-15(27-2)14(10-13)22-18-16(23(24)25)17(19-11-20-18)21-12-6-4-3-5-7-12/h8-12H,3-7H2,1-2H3,(H2,19,20,21,22). The maximum absolute atomic E-state index is 11.7. The molecule has 1 fully saturated rings. The summed E-state index contributed by atoms with van der Waals surface area (Å²) in [4.78, 5) is 19.5. The van der Waals surface area contributed by atoms with Crippen LogP contribution in [-0.2, 0) is 0 Å². The third kappa shape index (κ3) is 4.36. The number of hydrogen-bond acceptors (Lipinski definition) is 8. The normalized spacial score (nSPS) is 14.4. The molecular formula is C18H23N5O4. The highest BCUT2D eigenvalue weighted by atomic mass is 16.6. The summed E-state index contributed by atoms with van der Waals surface area (Å²) in [6, 6.07) is 5.34. The average molecular weight is 373 g/mol. The number of nitrogens with zero attached hydrogens (tertiary/aromatic N) is 3. The van der Waals surface area contributed by atoms with Crippen molar-refractivity contribution >= 4 is 23.0 Å². The summed E-state index contributed by atoms with van der Waals surface area (Å²) in [5, 5.41) is 17.9. The van der Waals surface area contributed by atoms with Gasteiger partial charge in [0.25, 0.3) is 0 Å². The molecule has 0 radical (unpaired) electrons. The zero-order valence-corrected chi connectivity index (χ0v) is 15.4. The Morgan fingerprint density at radius 2 is 1.85 bits per heavy atom. The van der Waals surface area contributed by atoms with Crippen LogP contribution in [0.25, 0.3) is 0 Å². The maximum Gasteiger partial charge on any atom is 0.353 e. The van der Waals surface area contributed by atoms with Crippen LogP contribution >= 0.6 is 0 Å². The van der Waals surface area contributed by atoms with Crippen LogP contribution in [0, 0.1) is 10.1 Å². The summed E-state index contributed by atoms with van der Waals surface area (Å²) >= 11 is 0. The molecule has 1 aliphatic rings. The van der Waals surface area contributed by atoms with E-state index in [0.29, 0.717) is 17.2 Å². The number of ether oxygens (including phenoxy) is 2.